The van der Waals surface area contributed by atoms with Gasteiger partial charge < -0.3 is 14.8 Å². The van der Waals surface area contributed by atoms with Crippen LogP contribution in [0.4, 0.5) is 4.39 Å². The van der Waals surface area contributed by atoms with Gasteiger partial charge in [0.2, 0.25) is 11.8 Å². The quantitative estimate of drug-likeness (QED) is 0.464. The number of halogens is 1. The van der Waals surface area contributed by atoms with Crippen LogP contribution >= 0.6 is 0 Å². The Morgan fingerprint density at radius 2 is 1.68 bits per heavy atom. The van der Waals surface area contributed by atoms with Crippen molar-refractivity contribution in [3.8, 4) is 0 Å². The number of nitrogens with one attached hydrogen (secondary N) is 1. The Balaban J connectivity index is 1.44. The first-order valence-electron chi connectivity index (χ1n) is 11.3. The monoisotopic (exact) mass is 456 g/mol. The van der Waals surface area contributed by atoms with E-state index in [1.807, 2.05) is 66.1 Å². The predicted octanol–water partition coefficient (Wildman–Crippen LogP) is 4.53. The van der Waals surface area contributed by atoms with E-state index in [9.17, 15) is 14.0 Å². The molecule has 0 fully saturated rings. The molecule has 1 aromatic heterocycles. The number of aromatic nitrogens is 2. The molecule has 0 saturated heterocycles. The number of hydrogen-bond donors (Lipinski definition) is 1. The topological polar surface area (TPSA) is 67.2 Å². The molecule has 1 aliphatic heterocycles. The highest BCUT2D eigenvalue weighted by Crippen LogP contribution is 2.37. The zero-order chi connectivity index (χ0) is 23.7. The standard InChI is InChI=1S/C27H25FN4O2/c1-18-26-30-22-9-5-6-10-23(22)32(26)24(27(34)31(18)17-20-7-3-2-4-8-20)15-25(33)29-16-19-11-13-21(28)14-12-19/h2-14,18,24H,15-17H2,1H3,(H,29,33)/t18-,24+/m0/s1. The average molecular weight is 457 g/mol. The highest BCUT2D eigenvalue weighted by atomic mass is 19.1. The zero-order valence-electron chi connectivity index (χ0n) is 18.8. The van der Waals surface area contributed by atoms with Gasteiger partial charge in [-0.25, -0.2) is 9.37 Å². The van der Waals surface area contributed by atoms with Crippen LogP contribution in [-0.2, 0) is 22.7 Å². The van der Waals surface area contributed by atoms with E-state index in [2.05, 4.69) is 5.32 Å². The van der Waals surface area contributed by atoms with Gasteiger partial charge in [-0.2, -0.15) is 0 Å². The van der Waals surface area contributed by atoms with Crippen molar-refractivity contribution in [3.63, 3.8) is 0 Å². The number of nitrogens with zero attached hydrogens (tertiary/aromatic N) is 3. The van der Waals surface area contributed by atoms with E-state index in [1.165, 1.54) is 12.1 Å². The Hall–Kier alpha value is -4.00. The summed E-state index contributed by atoms with van der Waals surface area (Å²) in [5, 5.41) is 2.87. The fourth-order valence-corrected chi connectivity index (χ4v) is 4.54. The van der Waals surface area contributed by atoms with Gasteiger partial charge >= 0.3 is 0 Å². The van der Waals surface area contributed by atoms with Crippen molar-refractivity contribution >= 4 is 22.8 Å². The van der Waals surface area contributed by atoms with Gasteiger partial charge in [0.25, 0.3) is 0 Å². The SMILES string of the molecule is C[C@H]1c2nc3ccccc3n2[C@H](CC(=O)NCc2ccc(F)cc2)C(=O)N1Cc1ccccc1. The number of imidazole rings is 1. The zero-order valence-corrected chi connectivity index (χ0v) is 18.8. The van der Waals surface area contributed by atoms with Gasteiger partial charge in [0.1, 0.15) is 17.7 Å². The lowest BCUT2D eigenvalue weighted by atomic mass is 10.0. The Morgan fingerprint density at radius 3 is 2.44 bits per heavy atom. The molecule has 2 amide bonds. The number of fused-ring (bicyclic) bond motifs is 3. The summed E-state index contributed by atoms with van der Waals surface area (Å²) in [7, 11) is 0. The van der Waals surface area contributed by atoms with Gasteiger partial charge in [-0.3, -0.25) is 9.59 Å². The number of carbonyl (C=O) groups excluding carboxylic acids is 2. The molecule has 1 aliphatic rings. The van der Waals surface area contributed by atoms with Gasteiger partial charge in [0.05, 0.1) is 23.5 Å². The Bertz CT molecular complexity index is 1330. The van der Waals surface area contributed by atoms with Crippen LogP contribution in [0.3, 0.4) is 0 Å². The number of hydrogen-bond acceptors (Lipinski definition) is 3. The molecule has 2 heterocycles. The lowest BCUT2D eigenvalue weighted by molar-refractivity contribution is -0.142. The molecule has 0 radical (unpaired) electrons. The van der Waals surface area contributed by atoms with Crippen LogP contribution in [0.5, 0.6) is 0 Å². The number of carbonyl (C=O) groups is 2. The molecular weight excluding hydrogens is 431 g/mol. The van der Waals surface area contributed by atoms with E-state index < -0.39 is 6.04 Å². The van der Waals surface area contributed by atoms with E-state index in [4.69, 9.17) is 4.98 Å². The van der Waals surface area contributed by atoms with E-state index >= 15 is 0 Å². The van der Waals surface area contributed by atoms with Crippen LogP contribution in [0.15, 0.2) is 78.9 Å². The lowest BCUT2D eigenvalue weighted by Gasteiger charge is -2.38. The molecule has 0 saturated carbocycles. The van der Waals surface area contributed by atoms with Crippen molar-refractivity contribution in [2.75, 3.05) is 0 Å². The van der Waals surface area contributed by atoms with E-state index in [0.717, 1.165) is 28.0 Å². The molecule has 0 spiro atoms. The molecule has 1 N–H and O–H groups in total. The van der Waals surface area contributed by atoms with Crippen LogP contribution in [-0.4, -0.2) is 26.3 Å². The second-order valence-electron chi connectivity index (χ2n) is 8.58. The predicted molar refractivity (Wildman–Crippen MR) is 127 cm³/mol. The minimum atomic E-state index is -0.699. The fraction of sp³-hybridized carbons (Fsp3) is 0.222. The van der Waals surface area contributed by atoms with Crippen molar-refractivity contribution < 1.29 is 14.0 Å². The molecule has 7 heteroatoms. The summed E-state index contributed by atoms with van der Waals surface area (Å²) < 4.78 is 15.1. The first-order valence-corrected chi connectivity index (χ1v) is 11.3. The number of benzene rings is 3. The van der Waals surface area contributed by atoms with Gasteiger partial charge in [-0.1, -0.05) is 54.6 Å². The van der Waals surface area contributed by atoms with Crippen molar-refractivity contribution in [1.29, 1.82) is 0 Å². The van der Waals surface area contributed by atoms with Gasteiger partial charge in [-0.15, -0.1) is 0 Å². The maximum atomic E-state index is 13.7. The second-order valence-corrected chi connectivity index (χ2v) is 8.58. The van der Waals surface area contributed by atoms with Crippen molar-refractivity contribution in [3.05, 3.63) is 102 Å². The molecule has 4 aromatic rings. The molecular formula is C27H25FN4O2. The van der Waals surface area contributed by atoms with Crippen LogP contribution in [0, 0.1) is 5.82 Å². The highest BCUT2D eigenvalue weighted by Gasteiger charge is 2.40. The van der Waals surface area contributed by atoms with Gasteiger partial charge in [0, 0.05) is 13.1 Å². The number of amides is 2. The Morgan fingerprint density at radius 1 is 0.971 bits per heavy atom. The van der Waals surface area contributed by atoms with E-state index in [0.29, 0.717) is 6.54 Å². The second kappa shape index (κ2) is 9.09. The molecule has 3 aromatic carbocycles. The highest BCUT2D eigenvalue weighted by molar-refractivity contribution is 5.90. The third-order valence-corrected chi connectivity index (χ3v) is 6.32. The molecule has 5 rings (SSSR count). The summed E-state index contributed by atoms with van der Waals surface area (Å²) in [5.41, 5.74) is 3.45. The smallest absolute Gasteiger partial charge is 0.247 e. The third kappa shape index (κ3) is 4.17. The van der Waals surface area contributed by atoms with Gasteiger partial charge in [-0.05, 0) is 42.3 Å². The maximum absolute atomic E-state index is 13.7. The molecule has 6 nitrogen and oxygen atoms in total. The van der Waals surface area contributed by atoms with Crippen LogP contribution < -0.4 is 5.32 Å². The molecule has 0 bridgehead atoms. The van der Waals surface area contributed by atoms with E-state index in [-0.39, 0.29) is 36.6 Å². The maximum Gasteiger partial charge on any atom is 0.247 e. The fourth-order valence-electron chi connectivity index (χ4n) is 4.54. The Kier molecular flexibility index (Phi) is 5.84. The number of rotatable bonds is 6. The molecule has 34 heavy (non-hydrogen) atoms. The van der Waals surface area contributed by atoms with Crippen LogP contribution in [0.1, 0.15) is 42.4 Å². The first kappa shape index (κ1) is 21.8. The van der Waals surface area contributed by atoms with Crippen LogP contribution in [0.25, 0.3) is 11.0 Å². The van der Waals surface area contributed by atoms with Crippen molar-refractivity contribution in [2.45, 2.75) is 38.5 Å². The first-order chi connectivity index (χ1) is 16.5. The van der Waals surface area contributed by atoms with Crippen molar-refractivity contribution in [1.82, 2.24) is 19.8 Å². The lowest BCUT2D eigenvalue weighted by Crippen LogP contribution is -2.46. The Labute approximate surface area is 197 Å². The normalized spacial score (nSPS) is 17.6. The summed E-state index contributed by atoms with van der Waals surface area (Å²) >= 11 is 0. The summed E-state index contributed by atoms with van der Waals surface area (Å²) in [6.07, 6.45) is -0.00854. The minimum absolute atomic E-state index is 0.00854. The summed E-state index contributed by atoms with van der Waals surface area (Å²) in [6.45, 7) is 2.68. The number of para-hydroxylation sites is 2. The van der Waals surface area contributed by atoms with E-state index in [1.54, 1.807) is 17.0 Å². The van der Waals surface area contributed by atoms with Crippen LogP contribution in [0.2, 0.25) is 0 Å². The molecule has 2 atom stereocenters. The summed E-state index contributed by atoms with van der Waals surface area (Å²) in [5.74, 6) is 0.0904. The van der Waals surface area contributed by atoms with Crippen molar-refractivity contribution in [2.24, 2.45) is 0 Å². The van der Waals surface area contributed by atoms with Gasteiger partial charge in [0.15, 0.2) is 0 Å². The molecule has 0 unspecified atom stereocenters. The molecule has 172 valence electrons. The average Bonchev–Trinajstić information content (AvgIpc) is 3.24. The molecule has 0 aliphatic carbocycles. The third-order valence-electron chi connectivity index (χ3n) is 6.32. The minimum Gasteiger partial charge on any atom is -0.352 e. The summed E-state index contributed by atoms with van der Waals surface area (Å²) in [6, 6.07) is 22.5. The largest absolute Gasteiger partial charge is 0.352 e. The summed E-state index contributed by atoms with van der Waals surface area (Å²) in [4.78, 5) is 33.3.